The van der Waals surface area contributed by atoms with Gasteiger partial charge in [0, 0.05) is 12.0 Å². The molecular weight excluding hydrogens is 167 g/mol. The van der Waals surface area contributed by atoms with Gasteiger partial charge in [-0.1, -0.05) is 6.07 Å². The zero-order chi connectivity index (χ0) is 9.26. The lowest BCUT2D eigenvalue weighted by molar-refractivity contribution is 0.0981. The Kier molecular flexibility index (Phi) is 2.13. The van der Waals surface area contributed by atoms with Crippen molar-refractivity contribution in [3.05, 3.63) is 35.1 Å². The molecule has 0 saturated heterocycles. The van der Waals surface area contributed by atoms with E-state index in [4.69, 9.17) is 0 Å². The fourth-order valence-electron chi connectivity index (χ4n) is 1.76. The lowest BCUT2D eigenvalue weighted by Crippen LogP contribution is -2.00. The molecule has 1 aliphatic rings. The topological polar surface area (TPSA) is 17.1 Å². The quantitative estimate of drug-likeness (QED) is 0.558. The van der Waals surface area contributed by atoms with Gasteiger partial charge >= 0.3 is 0 Å². The molecule has 2 heteroatoms. The van der Waals surface area contributed by atoms with Crippen molar-refractivity contribution in [1.29, 1.82) is 0 Å². The zero-order valence-electron chi connectivity index (χ0n) is 7.35. The number of aryl methyl sites for hydroxylation is 1. The number of fused-ring (bicyclic) bond motifs is 1. The van der Waals surface area contributed by atoms with Crippen LogP contribution >= 0.6 is 0 Å². The van der Waals surface area contributed by atoms with E-state index in [1.54, 1.807) is 6.07 Å². The molecule has 0 radical (unpaired) electrons. The molecule has 0 aromatic heterocycles. The summed E-state index contributed by atoms with van der Waals surface area (Å²) in [5.41, 5.74) is 1.60. The van der Waals surface area contributed by atoms with Gasteiger partial charge < -0.3 is 0 Å². The van der Waals surface area contributed by atoms with Crippen LogP contribution in [0.15, 0.2) is 18.2 Å². The van der Waals surface area contributed by atoms with Gasteiger partial charge in [0.05, 0.1) is 0 Å². The Morgan fingerprint density at radius 3 is 2.77 bits per heavy atom. The minimum absolute atomic E-state index is 0.0898. The molecule has 1 aliphatic carbocycles. The molecule has 0 spiro atoms. The fourth-order valence-corrected chi connectivity index (χ4v) is 1.76. The normalized spacial score (nSPS) is 16.5. The molecule has 1 aromatic carbocycles. The van der Waals surface area contributed by atoms with E-state index in [0.29, 0.717) is 12.0 Å². The smallest absolute Gasteiger partial charge is 0.163 e. The molecule has 1 nitrogen and oxygen atoms in total. The van der Waals surface area contributed by atoms with Gasteiger partial charge in [-0.2, -0.15) is 0 Å². The van der Waals surface area contributed by atoms with Gasteiger partial charge in [0.1, 0.15) is 5.82 Å². The Balaban J connectivity index is 2.49. The number of carbonyl (C=O) groups excluding carboxylic acids is 1. The number of ketones is 1. The van der Waals surface area contributed by atoms with Gasteiger partial charge in [-0.3, -0.25) is 4.79 Å². The largest absolute Gasteiger partial charge is 0.294 e. The predicted molar refractivity (Wildman–Crippen MR) is 48.3 cm³/mol. The molecule has 0 aliphatic heterocycles. The molecule has 0 saturated carbocycles. The molecule has 0 heterocycles. The maximum Gasteiger partial charge on any atom is 0.163 e. The average Bonchev–Trinajstić information content (AvgIpc) is 2.29. The first-order valence-electron chi connectivity index (χ1n) is 4.59. The van der Waals surface area contributed by atoms with E-state index in [-0.39, 0.29) is 11.6 Å². The maximum absolute atomic E-state index is 12.8. The summed E-state index contributed by atoms with van der Waals surface area (Å²) in [6.45, 7) is 0. The number of carbonyl (C=O) groups is 1. The summed E-state index contributed by atoms with van der Waals surface area (Å²) < 4.78 is 12.8. The summed E-state index contributed by atoms with van der Waals surface area (Å²) in [6.07, 6.45) is 3.43. The Morgan fingerprint density at radius 2 is 1.92 bits per heavy atom. The van der Waals surface area contributed by atoms with Crippen molar-refractivity contribution in [2.24, 2.45) is 0 Å². The number of Topliss-reactive ketones (excluding diaryl/α,β-unsaturated/α-hetero) is 1. The molecule has 0 unspecified atom stereocenters. The highest BCUT2D eigenvalue weighted by Crippen LogP contribution is 2.21. The Labute approximate surface area is 76.6 Å². The van der Waals surface area contributed by atoms with Gasteiger partial charge in [-0.25, -0.2) is 4.39 Å². The number of benzene rings is 1. The van der Waals surface area contributed by atoms with Crippen LogP contribution in [0.2, 0.25) is 0 Å². The molecule has 68 valence electrons. The van der Waals surface area contributed by atoms with E-state index >= 15 is 0 Å². The van der Waals surface area contributed by atoms with Gasteiger partial charge in [-0.05, 0) is 37.0 Å². The minimum atomic E-state index is -0.311. The maximum atomic E-state index is 12.8. The van der Waals surface area contributed by atoms with Crippen LogP contribution in [0.4, 0.5) is 4.39 Å². The molecule has 2 rings (SSSR count). The van der Waals surface area contributed by atoms with Crippen molar-refractivity contribution in [3.63, 3.8) is 0 Å². The van der Waals surface area contributed by atoms with E-state index in [0.717, 1.165) is 24.8 Å². The first-order valence-corrected chi connectivity index (χ1v) is 4.59. The third kappa shape index (κ3) is 1.62. The Hall–Kier alpha value is -1.18. The Morgan fingerprint density at radius 1 is 1.15 bits per heavy atom. The Bertz CT molecular complexity index is 344. The minimum Gasteiger partial charge on any atom is -0.294 e. The second kappa shape index (κ2) is 3.29. The molecular formula is C11H11FO. The van der Waals surface area contributed by atoms with Crippen LogP contribution in [0.3, 0.4) is 0 Å². The molecule has 0 fully saturated rings. The third-order valence-electron chi connectivity index (χ3n) is 2.47. The molecule has 0 amide bonds. The highest BCUT2D eigenvalue weighted by Gasteiger charge is 2.15. The SMILES string of the molecule is O=C1CCCCc2ccc(F)cc21. The summed E-state index contributed by atoms with van der Waals surface area (Å²) in [7, 11) is 0. The van der Waals surface area contributed by atoms with Crippen LogP contribution in [0, 0.1) is 5.82 Å². The van der Waals surface area contributed by atoms with E-state index in [9.17, 15) is 9.18 Å². The van der Waals surface area contributed by atoms with Crippen molar-refractivity contribution in [3.8, 4) is 0 Å². The van der Waals surface area contributed by atoms with Crippen molar-refractivity contribution in [2.45, 2.75) is 25.7 Å². The highest BCUT2D eigenvalue weighted by atomic mass is 19.1. The van der Waals surface area contributed by atoms with E-state index < -0.39 is 0 Å². The molecule has 13 heavy (non-hydrogen) atoms. The highest BCUT2D eigenvalue weighted by molar-refractivity contribution is 5.97. The predicted octanol–water partition coefficient (Wildman–Crippen LogP) is 2.73. The molecule has 0 bridgehead atoms. The van der Waals surface area contributed by atoms with Gasteiger partial charge in [0.25, 0.3) is 0 Å². The summed E-state index contributed by atoms with van der Waals surface area (Å²) in [5, 5.41) is 0. The fraction of sp³-hybridized carbons (Fsp3) is 0.364. The van der Waals surface area contributed by atoms with Crippen molar-refractivity contribution in [2.75, 3.05) is 0 Å². The van der Waals surface area contributed by atoms with Crippen molar-refractivity contribution < 1.29 is 9.18 Å². The lowest BCUT2D eigenvalue weighted by Gasteiger charge is -2.02. The summed E-state index contributed by atoms with van der Waals surface area (Å²) in [6, 6.07) is 4.52. The second-order valence-electron chi connectivity index (χ2n) is 3.43. The van der Waals surface area contributed by atoms with Gasteiger partial charge in [-0.15, -0.1) is 0 Å². The van der Waals surface area contributed by atoms with Crippen LogP contribution in [-0.2, 0) is 6.42 Å². The van der Waals surface area contributed by atoms with E-state index in [1.807, 2.05) is 0 Å². The van der Waals surface area contributed by atoms with Crippen molar-refractivity contribution >= 4 is 5.78 Å². The number of hydrogen-bond donors (Lipinski definition) is 0. The summed E-state index contributed by atoms with van der Waals surface area (Å²) in [5.74, 6) is -0.221. The van der Waals surface area contributed by atoms with Crippen LogP contribution in [0.25, 0.3) is 0 Å². The van der Waals surface area contributed by atoms with Crippen LogP contribution in [0.1, 0.15) is 35.2 Å². The first-order chi connectivity index (χ1) is 6.27. The summed E-state index contributed by atoms with van der Waals surface area (Å²) >= 11 is 0. The average molecular weight is 178 g/mol. The second-order valence-corrected chi connectivity index (χ2v) is 3.43. The third-order valence-corrected chi connectivity index (χ3v) is 2.47. The molecule has 0 atom stereocenters. The van der Waals surface area contributed by atoms with Gasteiger partial charge in [0.2, 0.25) is 0 Å². The molecule has 0 N–H and O–H groups in total. The van der Waals surface area contributed by atoms with Crippen LogP contribution in [-0.4, -0.2) is 5.78 Å². The van der Waals surface area contributed by atoms with Crippen LogP contribution in [0.5, 0.6) is 0 Å². The van der Waals surface area contributed by atoms with E-state index in [1.165, 1.54) is 12.1 Å². The lowest BCUT2D eigenvalue weighted by atomic mass is 10.0. The number of rotatable bonds is 0. The van der Waals surface area contributed by atoms with Crippen molar-refractivity contribution in [1.82, 2.24) is 0 Å². The summed E-state index contributed by atoms with van der Waals surface area (Å²) in [4.78, 5) is 11.5. The molecule has 1 aromatic rings. The van der Waals surface area contributed by atoms with Gasteiger partial charge in [0.15, 0.2) is 5.78 Å². The standard InChI is InChI=1S/C11H11FO/c12-9-6-5-8-3-1-2-4-11(13)10(8)7-9/h5-7H,1-4H2. The van der Waals surface area contributed by atoms with E-state index in [2.05, 4.69) is 0 Å². The zero-order valence-corrected chi connectivity index (χ0v) is 7.35. The first kappa shape index (κ1) is 8.42. The number of halogens is 1. The van der Waals surface area contributed by atoms with Crippen LogP contribution < -0.4 is 0 Å². The number of hydrogen-bond acceptors (Lipinski definition) is 1. The monoisotopic (exact) mass is 178 g/mol.